The molecule has 0 unspecified atom stereocenters. The van der Waals surface area contributed by atoms with Gasteiger partial charge in [0.05, 0.1) is 0 Å². The second-order valence-electron chi connectivity index (χ2n) is 4.68. The Hall–Kier alpha value is -1.84. The highest BCUT2D eigenvalue weighted by atomic mass is 35.5. The van der Waals surface area contributed by atoms with E-state index < -0.39 is 0 Å². The Balaban J connectivity index is 2.05. The van der Waals surface area contributed by atoms with Crippen molar-refractivity contribution in [3.63, 3.8) is 0 Å². The van der Waals surface area contributed by atoms with Gasteiger partial charge in [-0.15, -0.1) is 0 Å². The van der Waals surface area contributed by atoms with Crippen LogP contribution in [0, 0.1) is 0 Å². The molecule has 0 radical (unpaired) electrons. The Morgan fingerprint density at radius 2 is 1.95 bits per heavy atom. The van der Waals surface area contributed by atoms with Crippen LogP contribution in [0.1, 0.15) is 11.1 Å². The summed E-state index contributed by atoms with van der Waals surface area (Å²) < 4.78 is 2.17. The lowest BCUT2D eigenvalue weighted by molar-refractivity contribution is 0.837. The SMILES string of the molecule is NC(=S)c1cccc2c1ccn2Cc1cccc(Cl)c1. The van der Waals surface area contributed by atoms with Gasteiger partial charge in [0, 0.05) is 34.2 Å². The second-order valence-corrected chi connectivity index (χ2v) is 5.55. The van der Waals surface area contributed by atoms with Crippen molar-refractivity contribution in [2.24, 2.45) is 5.73 Å². The van der Waals surface area contributed by atoms with Gasteiger partial charge < -0.3 is 10.3 Å². The van der Waals surface area contributed by atoms with Gasteiger partial charge in [0.25, 0.3) is 0 Å². The van der Waals surface area contributed by atoms with E-state index in [9.17, 15) is 0 Å². The van der Waals surface area contributed by atoms with Crippen molar-refractivity contribution < 1.29 is 0 Å². The maximum Gasteiger partial charge on any atom is 0.104 e. The summed E-state index contributed by atoms with van der Waals surface area (Å²) in [4.78, 5) is 0.427. The largest absolute Gasteiger partial charge is 0.389 e. The maximum absolute atomic E-state index is 6.03. The number of thiocarbonyl (C=S) groups is 1. The highest BCUT2D eigenvalue weighted by Gasteiger charge is 2.07. The molecule has 0 fully saturated rings. The zero-order valence-corrected chi connectivity index (χ0v) is 12.3. The maximum atomic E-state index is 6.03. The molecule has 1 aromatic heterocycles. The van der Waals surface area contributed by atoms with Crippen molar-refractivity contribution in [1.82, 2.24) is 4.57 Å². The molecule has 0 aliphatic heterocycles. The standard InChI is InChI=1S/C16H13ClN2S/c17-12-4-1-3-11(9-12)10-19-8-7-13-14(16(18)20)5-2-6-15(13)19/h1-9H,10H2,(H2,18,20). The summed E-state index contributed by atoms with van der Waals surface area (Å²) in [6, 6.07) is 15.9. The number of fused-ring (bicyclic) bond motifs is 1. The van der Waals surface area contributed by atoms with E-state index in [4.69, 9.17) is 29.6 Å². The van der Waals surface area contributed by atoms with E-state index in [1.807, 2.05) is 42.6 Å². The van der Waals surface area contributed by atoms with Crippen LogP contribution in [-0.4, -0.2) is 9.56 Å². The van der Waals surface area contributed by atoms with E-state index in [0.29, 0.717) is 4.99 Å². The zero-order chi connectivity index (χ0) is 14.1. The molecule has 0 saturated heterocycles. The first-order valence-corrected chi connectivity index (χ1v) is 7.06. The van der Waals surface area contributed by atoms with Gasteiger partial charge in [-0.1, -0.05) is 48.1 Å². The van der Waals surface area contributed by atoms with Crippen molar-refractivity contribution in [2.45, 2.75) is 6.54 Å². The second kappa shape index (κ2) is 5.27. The molecule has 20 heavy (non-hydrogen) atoms. The molecule has 1 heterocycles. The monoisotopic (exact) mass is 300 g/mol. The quantitative estimate of drug-likeness (QED) is 0.742. The Morgan fingerprint density at radius 1 is 1.15 bits per heavy atom. The first-order chi connectivity index (χ1) is 9.65. The molecule has 0 bridgehead atoms. The Bertz CT molecular complexity index is 792. The van der Waals surface area contributed by atoms with Crippen LogP contribution in [-0.2, 0) is 6.54 Å². The number of halogens is 1. The van der Waals surface area contributed by atoms with E-state index in [2.05, 4.69) is 16.7 Å². The number of aromatic nitrogens is 1. The molecule has 2 N–H and O–H groups in total. The summed E-state index contributed by atoms with van der Waals surface area (Å²) in [5.74, 6) is 0. The number of hydrogen-bond acceptors (Lipinski definition) is 1. The summed E-state index contributed by atoms with van der Waals surface area (Å²) in [6.45, 7) is 0.769. The molecule has 2 aromatic carbocycles. The van der Waals surface area contributed by atoms with Crippen LogP contribution < -0.4 is 5.73 Å². The first-order valence-electron chi connectivity index (χ1n) is 6.27. The van der Waals surface area contributed by atoms with Gasteiger partial charge in [-0.2, -0.15) is 0 Å². The van der Waals surface area contributed by atoms with Gasteiger partial charge in [-0.05, 0) is 29.8 Å². The lowest BCUT2D eigenvalue weighted by atomic mass is 10.1. The van der Waals surface area contributed by atoms with E-state index in [0.717, 1.165) is 33.6 Å². The number of hydrogen-bond donors (Lipinski definition) is 1. The molecular formula is C16H13ClN2S. The number of rotatable bonds is 3. The van der Waals surface area contributed by atoms with Crippen molar-refractivity contribution >= 4 is 39.7 Å². The molecule has 3 rings (SSSR count). The highest BCUT2D eigenvalue weighted by molar-refractivity contribution is 7.80. The molecule has 0 aliphatic carbocycles. The normalized spacial score (nSPS) is 10.8. The molecular weight excluding hydrogens is 288 g/mol. The van der Waals surface area contributed by atoms with E-state index in [1.54, 1.807) is 0 Å². The lowest BCUT2D eigenvalue weighted by Crippen LogP contribution is -2.09. The molecule has 0 amide bonds. The average molecular weight is 301 g/mol. The third-order valence-corrected chi connectivity index (χ3v) is 3.78. The van der Waals surface area contributed by atoms with Gasteiger partial charge in [-0.3, -0.25) is 0 Å². The first kappa shape index (κ1) is 13.2. The minimum atomic E-state index is 0.427. The summed E-state index contributed by atoms with van der Waals surface area (Å²) in [6.07, 6.45) is 2.05. The van der Waals surface area contributed by atoms with Crippen LogP contribution in [0.25, 0.3) is 10.9 Å². The predicted molar refractivity (Wildman–Crippen MR) is 88.4 cm³/mol. The molecule has 3 aromatic rings. The number of nitrogens with two attached hydrogens (primary N) is 1. The zero-order valence-electron chi connectivity index (χ0n) is 10.7. The minimum Gasteiger partial charge on any atom is -0.389 e. The number of nitrogens with zero attached hydrogens (tertiary/aromatic N) is 1. The molecule has 4 heteroatoms. The minimum absolute atomic E-state index is 0.427. The van der Waals surface area contributed by atoms with Crippen molar-refractivity contribution in [3.8, 4) is 0 Å². The predicted octanol–water partition coefficient (Wildman–Crippen LogP) is 3.98. The van der Waals surface area contributed by atoms with Crippen molar-refractivity contribution in [3.05, 3.63) is 70.9 Å². The van der Waals surface area contributed by atoms with Crippen molar-refractivity contribution in [1.29, 1.82) is 0 Å². The van der Waals surface area contributed by atoms with Gasteiger partial charge >= 0.3 is 0 Å². The summed E-state index contributed by atoms with van der Waals surface area (Å²) in [5, 5.41) is 1.84. The smallest absolute Gasteiger partial charge is 0.104 e. The van der Waals surface area contributed by atoms with Gasteiger partial charge in [0.1, 0.15) is 4.99 Å². The van der Waals surface area contributed by atoms with E-state index in [1.165, 1.54) is 0 Å². The van der Waals surface area contributed by atoms with Crippen LogP contribution in [0.15, 0.2) is 54.7 Å². The summed E-state index contributed by atoms with van der Waals surface area (Å²) in [5.41, 5.74) is 8.97. The van der Waals surface area contributed by atoms with Crippen LogP contribution in [0.5, 0.6) is 0 Å². The molecule has 2 nitrogen and oxygen atoms in total. The van der Waals surface area contributed by atoms with Gasteiger partial charge in [0.2, 0.25) is 0 Å². The molecule has 0 atom stereocenters. The molecule has 0 aliphatic rings. The van der Waals surface area contributed by atoms with Crippen LogP contribution in [0.3, 0.4) is 0 Å². The van der Waals surface area contributed by atoms with E-state index >= 15 is 0 Å². The van der Waals surface area contributed by atoms with Crippen LogP contribution >= 0.6 is 23.8 Å². The van der Waals surface area contributed by atoms with Crippen molar-refractivity contribution in [2.75, 3.05) is 0 Å². The average Bonchev–Trinajstić information content (AvgIpc) is 2.82. The molecule has 100 valence electrons. The topological polar surface area (TPSA) is 30.9 Å². The summed E-state index contributed by atoms with van der Waals surface area (Å²) in [7, 11) is 0. The lowest BCUT2D eigenvalue weighted by Gasteiger charge is -2.07. The Morgan fingerprint density at radius 3 is 2.70 bits per heavy atom. The fourth-order valence-electron chi connectivity index (χ4n) is 2.41. The Kier molecular flexibility index (Phi) is 3.47. The number of benzene rings is 2. The Labute approximate surface area is 127 Å². The molecule has 0 spiro atoms. The highest BCUT2D eigenvalue weighted by Crippen LogP contribution is 2.22. The fraction of sp³-hybridized carbons (Fsp3) is 0.0625. The third kappa shape index (κ3) is 2.42. The van der Waals surface area contributed by atoms with Crippen LogP contribution in [0.4, 0.5) is 0 Å². The summed E-state index contributed by atoms with van der Waals surface area (Å²) >= 11 is 11.1. The van der Waals surface area contributed by atoms with E-state index in [-0.39, 0.29) is 0 Å². The molecule has 0 saturated carbocycles. The van der Waals surface area contributed by atoms with Gasteiger partial charge in [0.15, 0.2) is 0 Å². The van der Waals surface area contributed by atoms with Gasteiger partial charge in [-0.25, -0.2) is 0 Å². The third-order valence-electron chi connectivity index (χ3n) is 3.32. The van der Waals surface area contributed by atoms with Crippen LogP contribution in [0.2, 0.25) is 5.02 Å². The fourth-order valence-corrected chi connectivity index (χ4v) is 2.80.